The molecule has 0 saturated carbocycles. The normalized spacial score (nSPS) is 12.5. The molecule has 1 nitrogen and oxygen atoms in total. The molecule has 0 radical (unpaired) electrons. The summed E-state index contributed by atoms with van der Waals surface area (Å²) in [5, 5.41) is 0. The van der Waals surface area contributed by atoms with Crippen LogP contribution in [0, 0.1) is 0 Å². The minimum Gasteiger partial charge on any atom is -0.294 e. The van der Waals surface area contributed by atoms with E-state index in [2.05, 4.69) is 0 Å². The molecule has 0 aromatic heterocycles. The highest BCUT2D eigenvalue weighted by Gasteiger charge is 2.10. The predicted molar refractivity (Wildman–Crippen MR) is 46.1 cm³/mol. The topological polar surface area (TPSA) is 17.1 Å². The van der Waals surface area contributed by atoms with E-state index in [0.29, 0.717) is 5.56 Å². The molecule has 1 unspecified atom stereocenters. The van der Waals surface area contributed by atoms with E-state index in [0.717, 1.165) is 0 Å². The Hall–Kier alpha value is -0.890. The average molecular weight is 187 g/mol. The van der Waals surface area contributed by atoms with Gasteiger partial charge in [-0.15, -0.1) is 0 Å². The number of carbonyl (C=O) groups is 1. The van der Waals surface area contributed by atoms with Gasteiger partial charge in [-0.1, -0.05) is 41.9 Å². The van der Waals surface area contributed by atoms with E-state index in [1.807, 2.05) is 0 Å². The van der Waals surface area contributed by atoms with Crippen LogP contribution in [0.4, 0.5) is 4.39 Å². The number of hydrogen-bond donors (Lipinski definition) is 0. The fourth-order valence-electron chi connectivity index (χ4n) is 0.882. The Bertz CT molecular complexity index is 258. The number of hydrogen-bond acceptors (Lipinski definition) is 1. The number of carbonyl (C=O) groups excluding carboxylic acids is 1. The van der Waals surface area contributed by atoms with Gasteiger partial charge in [0.15, 0.2) is 11.4 Å². The minimum absolute atomic E-state index is 0.258. The summed E-state index contributed by atoms with van der Waals surface area (Å²) in [6, 6.07) is 8.54. The number of halogens is 2. The largest absolute Gasteiger partial charge is 0.294 e. The molecule has 1 aromatic rings. The summed E-state index contributed by atoms with van der Waals surface area (Å²) in [5.74, 6) is -0.266. The molecule has 1 atom stereocenters. The molecule has 0 heterocycles. The molecule has 12 heavy (non-hydrogen) atoms. The zero-order valence-corrected chi connectivity index (χ0v) is 7.09. The van der Waals surface area contributed by atoms with Gasteiger partial charge in [0.25, 0.3) is 0 Å². The maximum absolute atomic E-state index is 12.2. The highest BCUT2D eigenvalue weighted by molar-refractivity contribution is 6.21. The third-order valence-corrected chi connectivity index (χ3v) is 1.59. The summed E-state index contributed by atoms with van der Waals surface area (Å²) in [6.45, 7) is 0. The van der Waals surface area contributed by atoms with E-state index in [-0.39, 0.29) is 12.2 Å². The number of benzene rings is 1. The fourth-order valence-corrected chi connectivity index (χ4v) is 1.02. The zero-order valence-electron chi connectivity index (χ0n) is 6.34. The van der Waals surface area contributed by atoms with E-state index in [4.69, 9.17) is 11.6 Å². The second-order valence-corrected chi connectivity index (χ2v) is 2.86. The van der Waals surface area contributed by atoms with Crippen molar-refractivity contribution in [3.63, 3.8) is 0 Å². The summed E-state index contributed by atoms with van der Waals surface area (Å²) in [7, 11) is 0. The summed E-state index contributed by atoms with van der Waals surface area (Å²) >= 11 is 5.04. The second kappa shape index (κ2) is 4.21. The van der Waals surface area contributed by atoms with E-state index in [1.54, 1.807) is 30.3 Å². The summed E-state index contributed by atoms with van der Waals surface area (Å²) in [5.41, 5.74) is -1.08. The van der Waals surface area contributed by atoms with E-state index in [9.17, 15) is 9.18 Å². The Balaban J connectivity index is 2.66. The first-order valence-corrected chi connectivity index (χ1v) is 4.00. The lowest BCUT2D eigenvalue weighted by Gasteiger charge is -1.98. The first-order chi connectivity index (χ1) is 5.70. The van der Waals surface area contributed by atoms with Gasteiger partial charge in [0.05, 0.1) is 6.42 Å². The van der Waals surface area contributed by atoms with Crippen LogP contribution in [-0.2, 0) is 0 Å². The zero-order chi connectivity index (χ0) is 8.97. The molecule has 0 saturated heterocycles. The van der Waals surface area contributed by atoms with Crippen molar-refractivity contribution in [2.24, 2.45) is 0 Å². The van der Waals surface area contributed by atoms with Gasteiger partial charge in [-0.05, 0) is 0 Å². The lowest BCUT2D eigenvalue weighted by Crippen LogP contribution is -2.03. The molecule has 0 aliphatic heterocycles. The predicted octanol–water partition coefficient (Wildman–Crippen LogP) is 2.79. The van der Waals surface area contributed by atoms with Gasteiger partial charge in [-0.3, -0.25) is 4.79 Å². The van der Waals surface area contributed by atoms with Gasteiger partial charge in [0, 0.05) is 5.56 Å². The van der Waals surface area contributed by atoms with Crippen LogP contribution in [-0.4, -0.2) is 11.4 Å². The van der Waals surface area contributed by atoms with Crippen LogP contribution in [0.1, 0.15) is 16.8 Å². The molecule has 0 amide bonds. The molecular formula is C9H8ClFO. The van der Waals surface area contributed by atoms with Crippen LogP contribution < -0.4 is 0 Å². The molecule has 0 spiro atoms. The molecule has 64 valence electrons. The van der Waals surface area contributed by atoms with Crippen molar-refractivity contribution in [3.8, 4) is 0 Å². The summed E-state index contributed by atoms with van der Waals surface area (Å²) in [6.07, 6.45) is -0.258. The molecule has 3 heteroatoms. The van der Waals surface area contributed by atoms with E-state index in [1.165, 1.54) is 0 Å². The van der Waals surface area contributed by atoms with Crippen molar-refractivity contribution in [2.75, 3.05) is 0 Å². The van der Waals surface area contributed by atoms with Crippen LogP contribution >= 0.6 is 11.6 Å². The van der Waals surface area contributed by atoms with Crippen molar-refractivity contribution >= 4 is 17.4 Å². The third kappa shape index (κ3) is 2.62. The molecule has 0 bridgehead atoms. The molecule has 0 N–H and O–H groups in total. The molecule has 1 aromatic carbocycles. The summed E-state index contributed by atoms with van der Waals surface area (Å²) in [4.78, 5) is 11.1. The van der Waals surface area contributed by atoms with Crippen LogP contribution in [0.5, 0.6) is 0 Å². The molecule has 1 rings (SSSR count). The Kier molecular flexibility index (Phi) is 3.23. The van der Waals surface area contributed by atoms with Crippen LogP contribution in [0.2, 0.25) is 0 Å². The van der Waals surface area contributed by atoms with Crippen molar-refractivity contribution in [1.82, 2.24) is 0 Å². The Morgan fingerprint density at radius 1 is 1.42 bits per heavy atom. The fraction of sp³-hybridized carbons (Fsp3) is 0.222. The monoisotopic (exact) mass is 186 g/mol. The van der Waals surface area contributed by atoms with Crippen molar-refractivity contribution < 1.29 is 9.18 Å². The quantitative estimate of drug-likeness (QED) is 0.524. The Labute approximate surface area is 75.2 Å². The first kappa shape index (κ1) is 9.20. The van der Waals surface area contributed by atoms with Crippen molar-refractivity contribution in [2.45, 2.75) is 12.1 Å². The smallest absolute Gasteiger partial charge is 0.180 e. The van der Waals surface area contributed by atoms with Crippen LogP contribution in [0.15, 0.2) is 30.3 Å². The van der Waals surface area contributed by atoms with Gasteiger partial charge in [0.1, 0.15) is 0 Å². The van der Waals surface area contributed by atoms with E-state index < -0.39 is 5.63 Å². The van der Waals surface area contributed by atoms with Crippen molar-refractivity contribution in [3.05, 3.63) is 35.9 Å². The molecule has 0 fully saturated rings. The van der Waals surface area contributed by atoms with Gasteiger partial charge in [-0.25, -0.2) is 4.39 Å². The number of alkyl halides is 2. The summed E-state index contributed by atoms with van der Waals surface area (Å²) < 4.78 is 12.2. The molecule has 0 aliphatic rings. The highest BCUT2D eigenvalue weighted by Crippen LogP contribution is 2.09. The number of Topliss-reactive ketones (excluding diaryl/α,β-unsaturated/α-hetero) is 1. The lowest BCUT2D eigenvalue weighted by atomic mass is 10.1. The van der Waals surface area contributed by atoms with Gasteiger partial charge in [-0.2, -0.15) is 0 Å². The second-order valence-electron chi connectivity index (χ2n) is 2.38. The minimum atomic E-state index is -1.59. The maximum Gasteiger partial charge on any atom is 0.180 e. The third-order valence-electron chi connectivity index (χ3n) is 1.44. The molecular weight excluding hydrogens is 179 g/mol. The number of rotatable bonds is 3. The number of ketones is 1. The SMILES string of the molecule is O=C(CC(F)Cl)c1ccccc1. The van der Waals surface area contributed by atoms with Gasteiger partial charge >= 0.3 is 0 Å². The Morgan fingerprint density at radius 2 is 2.00 bits per heavy atom. The molecule has 0 aliphatic carbocycles. The Morgan fingerprint density at radius 3 is 2.50 bits per heavy atom. The highest BCUT2D eigenvalue weighted by atomic mass is 35.5. The van der Waals surface area contributed by atoms with E-state index >= 15 is 0 Å². The average Bonchev–Trinajstić information content (AvgIpc) is 2.05. The first-order valence-electron chi connectivity index (χ1n) is 3.56. The van der Waals surface area contributed by atoms with Gasteiger partial charge in [0.2, 0.25) is 0 Å². The van der Waals surface area contributed by atoms with Crippen molar-refractivity contribution in [1.29, 1.82) is 0 Å². The standard InChI is InChI=1S/C9H8ClFO/c10-9(11)6-8(12)7-4-2-1-3-5-7/h1-5,9H,6H2. The maximum atomic E-state index is 12.2. The van der Waals surface area contributed by atoms with Crippen LogP contribution in [0.3, 0.4) is 0 Å². The lowest BCUT2D eigenvalue weighted by molar-refractivity contribution is 0.0967. The van der Waals surface area contributed by atoms with Crippen LogP contribution in [0.25, 0.3) is 0 Å². The van der Waals surface area contributed by atoms with Gasteiger partial charge < -0.3 is 0 Å².